The van der Waals surface area contributed by atoms with Gasteiger partial charge in [0.1, 0.15) is 5.78 Å². The molecular weight excluding hydrogens is 242 g/mol. The largest absolute Gasteiger partial charge is 0.469 e. The third kappa shape index (κ3) is 3.61. The lowest BCUT2D eigenvalue weighted by atomic mass is 10.0. The summed E-state index contributed by atoms with van der Waals surface area (Å²) in [6.07, 6.45) is 2.44. The molecule has 0 unspecified atom stereocenters. The summed E-state index contributed by atoms with van der Waals surface area (Å²) in [4.78, 5) is 26.9. The second-order valence-corrected chi connectivity index (χ2v) is 4.32. The van der Waals surface area contributed by atoms with E-state index in [1.54, 1.807) is 6.20 Å². The number of nitrogens with zero attached hydrogens (tertiary/aromatic N) is 1. The Morgan fingerprint density at radius 1 is 1.21 bits per heavy atom. The van der Waals surface area contributed by atoms with Gasteiger partial charge in [-0.2, -0.15) is 0 Å². The van der Waals surface area contributed by atoms with Gasteiger partial charge in [0.25, 0.3) is 0 Å². The van der Waals surface area contributed by atoms with Crippen LogP contribution in [0.5, 0.6) is 0 Å². The zero-order valence-corrected chi connectivity index (χ0v) is 10.8. The highest BCUT2D eigenvalue weighted by molar-refractivity contribution is 5.86. The van der Waals surface area contributed by atoms with Crippen LogP contribution in [0.15, 0.2) is 36.5 Å². The first-order valence-corrected chi connectivity index (χ1v) is 6.11. The average molecular weight is 257 g/mol. The molecule has 2 aromatic rings. The van der Waals surface area contributed by atoms with Gasteiger partial charge in [-0.3, -0.25) is 14.6 Å². The predicted octanol–water partition coefficient (Wildman–Crippen LogP) is 2.30. The summed E-state index contributed by atoms with van der Waals surface area (Å²) >= 11 is 0. The van der Waals surface area contributed by atoms with Crippen molar-refractivity contribution in [2.75, 3.05) is 7.11 Å². The topological polar surface area (TPSA) is 56.3 Å². The molecule has 0 aliphatic rings. The Hall–Kier alpha value is -2.23. The van der Waals surface area contributed by atoms with Crippen molar-refractivity contribution in [3.05, 3.63) is 42.1 Å². The quantitative estimate of drug-likeness (QED) is 0.771. The summed E-state index contributed by atoms with van der Waals surface area (Å²) in [5.41, 5.74) is 1.85. The summed E-state index contributed by atoms with van der Waals surface area (Å²) < 4.78 is 4.51. The number of hydrogen-bond acceptors (Lipinski definition) is 4. The number of Topliss-reactive ketones (excluding diaryl/α,β-unsaturated/α-hetero) is 1. The van der Waals surface area contributed by atoms with E-state index in [0.29, 0.717) is 6.42 Å². The van der Waals surface area contributed by atoms with Gasteiger partial charge in [-0.1, -0.05) is 12.1 Å². The molecule has 1 aromatic heterocycles. The molecule has 0 saturated carbocycles. The summed E-state index contributed by atoms with van der Waals surface area (Å²) in [5, 5.41) is 1.01. The first-order chi connectivity index (χ1) is 9.19. The first kappa shape index (κ1) is 13.2. The number of ketones is 1. The van der Waals surface area contributed by atoms with Gasteiger partial charge < -0.3 is 4.74 Å². The molecule has 0 bridgehead atoms. The maximum atomic E-state index is 11.7. The highest BCUT2D eigenvalue weighted by atomic mass is 16.5. The smallest absolute Gasteiger partial charge is 0.305 e. The van der Waals surface area contributed by atoms with Gasteiger partial charge in [-0.25, -0.2) is 0 Å². The van der Waals surface area contributed by atoms with Crippen LogP contribution in [0.3, 0.4) is 0 Å². The zero-order chi connectivity index (χ0) is 13.7. The fourth-order valence-electron chi connectivity index (χ4n) is 1.89. The van der Waals surface area contributed by atoms with Gasteiger partial charge in [0, 0.05) is 24.4 Å². The number of esters is 1. The monoisotopic (exact) mass is 257 g/mol. The highest BCUT2D eigenvalue weighted by Gasteiger charge is 2.08. The Morgan fingerprint density at radius 2 is 2.05 bits per heavy atom. The lowest BCUT2D eigenvalue weighted by Gasteiger charge is -2.03. The summed E-state index contributed by atoms with van der Waals surface area (Å²) in [6, 6.07) is 9.58. The number of aromatic nitrogens is 1. The minimum atomic E-state index is -0.351. The number of methoxy groups -OCH3 is 1. The molecule has 1 heterocycles. The van der Waals surface area contributed by atoms with Gasteiger partial charge >= 0.3 is 5.97 Å². The Kier molecular flexibility index (Phi) is 4.23. The molecule has 4 nitrogen and oxygen atoms in total. The van der Waals surface area contributed by atoms with E-state index in [9.17, 15) is 9.59 Å². The molecule has 0 amide bonds. The summed E-state index contributed by atoms with van der Waals surface area (Å²) in [6.45, 7) is 0. The molecule has 0 aliphatic carbocycles. The number of hydrogen-bond donors (Lipinski definition) is 0. The van der Waals surface area contributed by atoms with E-state index in [0.717, 1.165) is 16.5 Å². The van der Waals surface area contributed by atoms with E-state index in [-0.39, 0.29) is 24.6 Å². The Bertz CT molecular complexity index is 607. The molecule has 0 saturated heterocycles. The molecule has 0 spiro atoms. The zero-order valence-electron chi connectivity index (χ0n) is 10.8. The van der Waals surface area contributed by atoms with E-state index in [2.05, 4.69) is 9.72 Å². The van der Waals surface area contributed by atoms with Crippen LogP contribution in [0.4, 0.5) is 0 Å². The van der Waals surface area contributed by atoms with Crippen molar-refractivity contribution >= 4 is 22.7 Å². The maximum Gasteiger partial charge on any atom is 0.305 e. The van der Waals surface area contributed by atoms with Gasteiger partial charge in [0.15, 0.2) is 0 Å². The van der Waals surface area contributed by atoms with E-state index in [1.165, 1.54) is 7.11 Å². The standard InChI is InChI=1S/C15H15NO3/c1-19-15(18)7-5-13(17)10-11-4-6-14-12(9-11)3-2-8-16-14/h2-4,6,8-9H,5,7,10H2,1H3. The van der Waals surface area contributed by atoms with Gasteiger partial charge in [0.2, 0.25) is 0 Å². The number of carbonyl (C=O) groups is 2. The van der Waals surface area contributed by atoms with E-state index in [1.807, 2.05) is 30.3 Å². The van der Waals surface area contributed by atoms with Crippen LogP contribution in [0.1, 0.15) is 18.4 Å². The van der Waals surface area contributed by atoms with E-state index >= 15 is 0 Å². The van der Waals surface area contributed by atoms with Gasteiger partial charge in [-0.05, 0) is 23.8 Å². The molecule has 0 atom stereocenters. The summed E-state index contributed by atoms with van der Waals surface area (Å²) in [7, 11) is 1.32. The Balaban J connectivity index is 2.01. The molecular formula is C15H15NO3. The van der Waals surface area contributed by atoms with Crippen LogP contribution in [-0.4, -0.2) is 23.8 Å². The Morgan fingerprint density at radius 3 is 2.84 bits per heavy atom. The van der Waals surface area contributed by atoms with Crippen molar-refractivity contribution in [2.45, 2.75) is 19.3 Å². The van der Waals surface area contributed by atoms with E-state index in [4.69, 9.17) is 0 Å². The number of benzene rings is 1. The average Bonchev–Trinajstić information content (AvgIpc) is 2.44. The minimum absolute atomic E-state index is 0.0358. The van der Waals surface area contributed by atoms with Crippen LogP contribution in [0.25, 0.3) is 10.9 Å². The number of ether oxygens (including phenoxy) is 1. The third-order valence-corrected chi connectivity index (χ3v) is 2.90. The van der Waals surface area contributed by atoms with Crippen LogP contribution < -0.4 is 0 Å². The van der Waals surface area contributed by atoms with Crippen molar-refractivity contribution in [1.29, 1.82) is 0 Å². The lowest BCUT2D eigenvalue weighted by Crippen LogP contribution is -2.07. The van der Waals surface area contributed by atoms with Gasteiger partial charge in [0.05, 0.1) is 19.0 Å². The van der Waals surface area contributed by atoms with Crippen LogP contribution >= 0.6 is 0 Å². The Labute approximate surface area is 111 Å². The SMILES string of the molecule is COC(=O)CCC(=O)Cc1ccc2ncccc2c1. The van der Waals surface area contributed by atoms with Crippen LogP contribution in [0.2, 0.25) is 0 Å². The number of pyridine rings is 1. The third-order valence-electron chi connectivity index (χ3n) is 2.90. The van der Waals surface area contributed by atoms with Crippen molar-refractivity contribution < 1.29 is 14.3 Å². The second kappa shape index (κ2) is 6.09. The van der Waals surface area contributed by atoms with Crippen molar-refractivity contribution in [3.8, 4) is 0 Å². The molecule has 19 heavy (non-hydrogen) atoms. The number of rotatable bonds is 5. The van der Waals surface area contributed by atoms with E-state index < -0.39 is 0 Å². The number of fused-ring (bicyclic) bond motifs is 1. The normalized spacial score (nSPS) is 10.4. The molecule has 98 valence electrons. The molecule has 0 N–H and O–H groups in total. The molecule has 2 rings (SSSR count). The van der Waals surface area contributed by atoms with Crippen molar-refractivity contribution in [1.82, 2.24) is 4.98 Å². The minimum Gasteiger partial charge on any atom is -0.469 e. The van der Waals surface area contributed by atoms with Crippen LogP contribution in [-0.2, 0) is 20.7 Å². The molecule has 4 heteroatoms. The van der Waals surface area contributed by atoms with Gasteiger partial charge in [-0.15, -0.1) is 0 Å². The first-order valence-electron chi connectivity index (χ1n) is 6.11. The molecule has 0 radical (unpaired) electrons. The molecule has 0 aliphatic heterocycles. The van der Waals surface area contributed by atoms with Crippen LogP contribution in [0, 0.1) is 0 Å². The lowest BCUT2D eigenvalue weighted by molar-refractivity contribution is -0.141. The summed E-state index contributed by atoms with van der Waals surface area (Å²) in [5.74, 6) is -0.315. The maximum absolute atomic E-state index is 11.7. The molecule has 0 fully saturated rings. The predicted molar refractivity (Wildman–Crippen MR) is 71.7 cm³/mol. The van der Waals surface area contributed by atoms with Crippen molar-refractivity contribution in [3.63, 3.8) is 0 Å². The van der Waals surface area contributed by atoms with Crippen molar-refractivity contribution in [2.24, 2.45) is 0 Å². The second-order valence-electron chi connectivity index (χ2n) is 4.32. The molecule has 1 aromatic carbocycles. The highest BCUT2D eigenvalue weighted by Crippen LogP contribution is 2.14. The fraction of sp³-hybridized carbons (Fsp3) is 0.267. The fourth-order valence-corrected chi connectivity index (χ4v) is 1.89. The number of carbonyl (C=O) groups excluding carboxylic acids is 2.